The summed E-state index contributed by atoms with van der Waals surface area (Å²) in [6.45, 7) is 38.0. The zero-order valence-corrected chi connectivity index (χ0v) is 77.2. The van der Waals surface area contributed by atoms with E-state index in [0.717, 1.165) is 33.9 Å². The van der Waals surface area contributed by atoms with Crippen LogP contribution in [0.15, 0.2) is 267 Å². The van der Waals surface area contributed by atoms with Crippen molar-refractivity contribution in [2.24, 2.45) is 28.2 Å². The monoisotopic (exact) mass is 1640 g/mol. The average Bonchev–Trinajstić information content (AvgIpc) is 0.707. The highest BCUT2D eigenvalue weighted by Crippen LogP contribution is 2.62. The van der Waals surface area contributed by atoms with Gasteiger partial charge in [-0.2, -0.15) is 0 Å². The zero-order valence-electron chi connectivity index (χ0n) is 89.2. The topological polar surface area (TPSA) is 15.5 Å². The molecule has 0 bridgehead atoms. The van der Waals surface area contributed by atoms with Crippen LogP contribution in [0.1, 0.15) is 216 Å². The predicted molar refractivity (Wildman–Crippen MR) is 526 cm³/mol. The van der Waals surface area contributed by atoms with E-state index in [2.05, 4.69) is 333 Å². The van der Waals surface area contributed by atoms with E-state index in [1.54, 1.807) is 49.1 Å². The first-order valence-electron chi connectivity index (χ1n) is 50.1. The van der Waals surface area contributed by atoms with Crippen molar-refractivity contribution in [3.63, 3.8) is 0 Å². The standard InChI is InChI=1S/4C30H32N/c1-19-12-17-25(31(7)18-19)26-20(2)13-16-24-27(26)23-15-14-21-10-8-9-11-22(21)28(23)30(5,6)29(24,3)4;1-19-12-17-26(31(7)18-19)22-15-16-25-27(20(22)2)24-14-13-21-10-8-9-11-23(21)28(24)30(5,6)29(25,3)4;1-19-12-15-27(31(7)18-19)23-13-14-25-28(20(23)2)24-16-21-10-8-9-11-22(21)17-26(24)30(5,6)29(25,3)4;1-19-12-15-26(31(7)18-19)27-20(2)13-14-24-28(27)23-16-21-10-8-9-11-22(21)17-25(23)30(5,6)29(24,3)4/h4*8-18H,1-7H3/q4*+1/i4*1D3. The summed E-state index contributed by atoms with van der Waals surface area (Å²) < 4.78 is 101. The first-order chi connectivity index (χ1) is 63.4. The third kappa shape index (κ3) is 13.0. The fourth-order valence-corrected chi connectivity index (χ4v) is 21.8. The lowest BCUT2D eigenvalue weighted by molar-refractivity contribution is -0.660. The Balaban J connectivity index is 0.000000126. The Labute approximate surface area is 756 Å². The van der Waals surface area contributed by atoms with Crippen LogP contribution in [0, 0.1) is 55.1 Å². The molecule has 4 aliphatic carbocycles. The van der Waals surface area contributed by atoms with Gasteiger partial charge < -0.3 is 0 Å². The van der Waals surface area contributed by atoms with Gasteiger partial charge in [0.15, 0.2) is 24.8 Å². The van der Waals surface area contributed by atoms with Gasteiger partial charge in [0.2, 0.25) is 22.8 Å². The number of hydrogen-bond donors (Lipinski definition) is 0. The summed E-state index contributed by atoms with van der Waals surface area (Å²) in [5.74, 6) is 0. The van der Waals surface area contributed by atoms with Gasteiger partial charge in [-0.1, -0.05) is 269 Å². The second-order valence-electron chi connectivity index (χ2n) is 40.2. The Kier molecular flexibility index (Phi) is 17.1. The molecule has 4 heteroatoms. The normalized spacial score (nSPS) is 17.9. The third-order valence-electron chi connectivity index (χ3n) is 31.6. The highest BCUT2D eigenvalue weighted by Gasteiger charge is 2.52. The molecule has 4 nitrogen and oxygen atoms in total. The second kappa shape index (κ2) is 30.0. The molecule has 4 aromatic heterocycles. The summed E-state index contributed by atoms with van der Waals surface area (Å²) in [4.78, 5) is 0. The molecule has 624 valence electrons. The molecule has 20 rings (SSSR count). The van der Waals surface area contributed by atoms with Crippen LogP contribution in [0.3, 0.4) is 0 Å². The minimum absolute atomic E-state index is 0.0423. The predicted octanol–water partition coefficient (Wildman–Crippen LogP) is 28.7. The van der Waals surface area contributed by atoms with Crippen LogP contribution in [-0.2, 0) is 71.5 Å². The van der Waals surface area contributed by atoms with Crippen molar-refractivity contribution in [3.8, 4) is 89.5 Å². The van der Waals surface area contributed by atoms with E-state index in [4.69, 9.17) is 16.4 Å². The number of aromatic nitrogens is 4. The van der Waals surface area contributed by atoms with Crippen LogP contribution in [0.5, 0.6) is 0 Å². The van der Waals surface area contributed by atoms with Crippen LogP contribution in [-0.4, -0.2) is 0 Å². The summed E-state index contributed by atoms with van der Waals surface area (Å²) in [6, 6.07) is 85.9. The molecule has 0 unspecified atom stereocenters. The van der Waals surface area contributed by atoms with Crippen molar-refractivity contribution in [2.45, 2.75) is 209 Å². The van der Waals surface area contributed by atoms with E-state index in [1.807, 2.05) is 70.7 Å². The van der Waals surface area contributed by atoms with Gasteiger partial charge in [0.05, 0.1) is 11.1 Å². The molecule has 0 atom stereocenters. The van der Waals surface area contributed by atoms with E-state index >= 15 is 0 Å². The number of pyridine rings is 4. The fraction of sp³-hybridized carbons (Fsp3) is 0.300. The van der Waals surface area contributed by atoms with Crippen LogP contribution in [0.4, 0.5) is 0 Å². The molecule has 0 amide bonds. The second-order valence-corrected chi connectivity index (χ2v) is 40.2. The molecule has 4 aliphatic rings. The number of benzene rings is 12. The van der Waals surface area contributed by atoms with Crippen molar-refractivity contribution in [1.82, 2.24) is 0 Å². The number of nitrogens with zero attached hydrogens (tertiary/aromatic N) is 4. The Morgan fingerprint density at radius 2 is 0.484 bits per heavy atom. The van der Waals surface area contributed by atoms with E-state index in [9.17, 15) is 0 Å². The maximum absolute atomic E-state index is 7.83. The number of rotatable bonds is 4. The summed E-state index contributed by atoms with van der Waals surface area (Å²) in [5.41, 5.74) is 35.6. The molecule has 0 radical (unpaired) electrons. The maximum atomic E-state index is 7.83. The Hall–Kier alpha value is -11.7. The summed E-state index contributed by atoms with van der Waals surface area (Å²) in [5, 5.41) is 10.2. The van der Waals surface area contributed by atoms with E-state index < -0.39 is 27.4 Å². The van der Waals surface area contributed by atoms with Gasteiger partial charge in [0.1, 0.15) is 28.2 Å². The van der Waals surface area contributed by atoms with Gasteiger partial charge in [-0.05, 0) is 303 Å². The Morgan fingerprint density at radius 3 is 0.839 bits per heavy atom. The largest absolute Gasteiger partial charge is 0.213 e. The molecule has 0 N–H and O–H groups in total. The molecule has 0 fully saturated rings. The van der Waals surface area contributed by atoms with Gasteiger partial charge in [0.25, 0.3) is 0 Å². The van der Waals surface area contributed by atoms with Crippen LogP contribution in [0.25, 0.3) is 133 Å². The zero-order chi connectivity index (χ0) is 98.5. The van der Waals surface area contributed by atoms with Crippen molar-refractivity contribution >= 4 is 43.1 Å². The molecule has 12 aromatic carbocycles. The van der Waals surface area contributed by atoms with Crippen LogP contribution in [0.2, 0.25) is 0 Å². The van der Waals surface area contributed by atoms with Crippen molar-refractivity contribution in [3.05, 3.63) is 356 Å². The molecule has 0 aliphatic heterocycles. The number of aryl methyl sites for hydroxylation is 10. The average molecular weight is 1640 g/mol. The lowest BCUT2D eigenvalue weighted by atomic mass is 9.54. The van der Waals surface area contributed by atoms with Gasteiger partial charge in [-0.15, -0.1) is 0 Å². The van der Waals surface area contributed by atoms with E-state index in [-0.39, 0.29) is 43.3 Å². The van der Waals surface area contributed by atoms with E-state index in [1.165, 1.54) is 165 Å². The highest BCUT2D eigenvalue weighted by atomic mass is 14.9. The van der Waals surface area contributed by atoms with Crippen molar-refractivity contribution < 1.29 is 34.7 Å². The molecule has 0 saturated carbocycles. The molecular weight excluding hydrogens is 1500 g/mol. The molecule has 4 heterocycles. The molecular formula is C120H128N4+4. The minimum atomic E-state index is -2.13. The minimum Gasteiger partial charge on any atom is -0.201 e. The van der Waals surface area contributed by atoms with Gasteiger partial charge >= 0.3 is 0 Å². The fourth-order valence-electron chi connectivity index (χ4n) is 21.8. The summed E-state index contributed by atoms with van der Waals surface area (Å²) in [6.07, 6.45) is 6.96. The smallest absolute Gasteiger partial charge is 0.201 e. The molecule has 0 saturated heterocycles. The first kappa shape index (κ1) is 70.7. The van der Waals surface area contributed by atoms with Gasteiger partial charge in [-0.3, -0.25) is 0 Å². The lowest BCUT2D eigenvalue weighted by Gasteiger charge is -2.49. The quantitative estimate of drug-likeness (QED) is 0.156. The van der Waals surface area contributed by atoms with Crippen LogP contribution < -0.4 is 18.3 Å². The van der Waals surface area contributed by atoms with Gasteiger partial charge in [-0.25, -0.2) is 18.3 Å². The molecule has 0 spiro atoms. The van der Waals surface area contributed by atoms with Crippen molar-refractivity contribution in [2.75, 3.05) is 0 Å². The summed E-state index contributed by atoms with van der Waals surface area (Å²) >= 11 is 0. The Bertz CT molecular complexity index is 7390. The Morgan fingerprint density at radius 1 is 0.218 bits per heavy atom. The summed E-state index contributed by atoms with van der Waals surface area (Å²) in [7, 11) is 7.75. The number of hydrogen-bond acceptors (Lipinski definition) is 0. The first-order valence-corrected chi connectivity index (χ1v) is 44.1. The third-order valence-corrected chi connectivity index (χ3v) is 31.6. The lowest BCUT2D eigenvalue weighted by Crippen LogP contribution is -2.44. The number of fused-ring (bicyclic) bond motifs is 18. The SMILES string of the molecule is [2H]C([2H])([2H])c1ccc(-c2c(C)ccc3c2-c2cc4ccccc4cc2C(C)(C)C3(C)C)[n+](C)c1.[2H]C([2H])([2H])c1ccc(-c2c(C)ccc3c2-c2ccc4ccccc4c2C(C)(C)C3(C)C)[n+](C)c1.[2H]C([2H])([2H])c1ccc(-c2ccc3c(c2C)-c2cc4ccccc4cc2C(C)(C)C3(C)C)[n+](C)c1.[2H]C([2H])([2H])c1ccc(-c2ccc3c(c2C)-c2ccc4ccccc4c2C(C)(C)C3(C)C)[n+](C)c1. The molecule has 124 heavy (non-hydrogen) atoms. The van der Waals surface area contributed by atoms with Crippen molar-refractivity contribution in [1.29, 1.82) is 0 Å². The highest BCUT2D eigenvalue weighted by molar-refractivity contribution is 6.02. The van der Waals surface area contributed by atoms with Crippen LogP contribution >= 0.6 is 0 Å². The molecule has 16 aromatic rings. The van der Waals surface area contributed by atoms with E-state index in [0.29, 0.717) is 22.3 Å². The maximum Gasteiger partial charge on any atom is 0.213 e. The van der Waals surface area contributed by atoms with Gasteiger partial charge in [0, 0.05) is 84.9 Å².